The normalized spacial score (nSPS) is 17.2. The van der Waals surface area contributed by atoms with Crippen molar-refractivity contribution in [2.24, 2.45) is 5.92 Å². The molecule has 1 aromatic carbocycles. The first-order valence-corrected chi connectivity index (χ1v) is 10.1. The van der Waals surface area contributed by atoms with Gasteiger partial charge in [0.15, 0.2) is 5.58 Å². The Bertz CT molecular complexity index is 967. The van der Waals surface area contributed by atoms with Crippen LogP contribution in [0.25, 0.3) is 11.1 Å². The summed E-state index contributed by atoms with van der Waals surface area (Å²) < 4.78 is 7.91. The van der Waals surface area contributed by atoms with Crippen molar-refractivity contribution in [3.63, 3.8) is 0 Å². The summed E-state index contributed by atoms with van der Waals surface area (Å²) in [4.78, 5) is 23.2. The van der Waals surface area contributed by atoms with E-state index in [2.05, 4.69) is 27.1 Å². The fraction of sp³-hybridized carbons (Fsp3) is 0.450. The van der Waals surface area contributed by atoms with Gasteiger partial charge >= 0.3 is 0 Å². The molecule has 1 unspecified atom stereocenters. The van der Waals surface area contributed by atoms with Crippen LogP contribution in [-0.2, 0) is 17.9 Å². The predicted octanol–water partition coefficient (Wildman–Crippen LogP) is 3.62. The maximum atomic E-state index is 12.4. The number of hydrogen-bond donors (Lipinski definition) is 1. The molecule has 3 aromatic rings. The predicted molar refractivity (Wildman–Crippen MR) is 108 cm³/mol. The molecule has 1 aliphatic heterocycles. The van der Waals surface area contributed by atoms with Crippen molar-refractivity contribution in [3.8, 4) is 0 Å². The fourth-order valence-corrected chi connectivity index (χ4v) is 3.89. The van der Waals surface area contributed by atoms with E-state index in [-0.39, 0.29) is 11.8 Å². The lowest BCUT2D eigenvalue weighted by atomic mass is 9.94. The molecule has 0 radical (unpaired) electrons. The second-order valence-corrected chi connectivity index (χ2v) is 7.65. The number of oxazole rings is 1. The minimum atomic E-state index is 0.0695. The average Bonchev–Trinajstić information content (AvgIpc) is 3.32. The lowest BCUT2D eigenvalue weighted by Crippen LogP contribution is -2.38. The molecule has 1 amide bonds. The highest BCUT2D eigenvalue weighted by Crippen LogP contribution is 2.28. The number of piperidine rings is 1. The molecule has 1 atom stereocenters. The van der Waals surface area contributed by atoms with Gasteiger partial charge in [-0.1, -0.05) is 11.6 Å². The van der Waals surface area contributed by atoms with Crippen molar-refractivity contribution < 1.29 is 9.21 Å². The van der Waals surface area contributed by atoms with Crippen LogP contribution in [0, 0.1) is 5.92 Å². The molecule has 0 aliphatic carbocycles. The standard InChI is InChI=1S/C20H24ClN5O2/c1-2-25-13-22-10-16(25)11-23-19(27)8-14-4-3-7-26(12-14)20-24-17-6-5-15(21)9-18(17)28-20/h5-6,9-10,13-14H,2-4,7-8,11-12H2,1H3,(H,23,27). The van der Waals surface area contributed by atoms with E-state index in [1.807, 2.05) is 16.7 Å². The highest BCUT2D eigenvalue weighted by Gasteiger charge is 2.25. The molecule has 0 bridgehead atoms. The van der Waals surface area contributed by atoms with Crippen LogP contribution in [0.3, 0.4) is 0 Å². The summed E-state index contributed by atoms with van der Waals surface area (Å²) in [5.41, 5.74) is 2.51. The van der Waals surface area contributed by atoms with E-state index in [0.29, 0.717) is 29.6 Å². The molecule has 28 heavy (non-hydrogen) atoms. The zero-order valence-corrected chi connectivity index (χ0v) is 16.7. The highest BCUT2D eigenvalue weighted by molar-refractivity contribution is 6.31. The molecule has 1 fully saturated rings. The number of carbonyl (C=O) groups excluding carboxylic acids is 1. The second kappa shape index (κ2) is 8.22. The van der Waals surface area contributed by atoms with Crippen molar-refractivity contribution in [2.75, 3.05) is 18.0 Å². The van der Waals surface area contributed by atoms with Crippen molar-refractivity contribution in [1.29, 1.82) is 0 Å². The van der Waals surface area contributed by atoms with E-state index >= 15 is 0 Å². The van der Waals surface area contributed by atoms with Crippen LogP contribution in [0.2, 0.25) is 5.02 Å². The molecule has 3 heterocycles. The number of rotatable bonds is 6. The van der Waals surface area contributed by atoms with Crippen LogP contribution in [0.5, 0.6) is 0 Å². The third kappa shape index (κ3) is 4.14. The topological polar surface area (TPSA) is 76.2 Å². The second-order valence-electron chi connectivity index (χ2n) is 7.21. The molecule has 8 heteroatoms. The number of imidazole rings is 1. The Labute approximate surface area is 168 Å². The molecule has 1 N–H and O–H groups in total. The minimum Gasteiger partial charge on any atom is -0.423 e. The number of halogens is 1. The Kier molecular flexibility index (Phi) is 5.52. The summed E-state index contributed by atoms with van der Waals surface area (Å²) in [5, 5.41) is 3.65. The Morgan fingerprint density at radius 3 is 3.18 bits per heavy atom. The van der Waals surface area contributed by atoms with Gasteiger partial charge in [0.05, 0.1) is 18.6 Å². The number of benzene rings is 1. The molecule has 2 aromatic heterocycles. The summed E-state index contributed by atoms with van der Waals surface area (Å²) >= 11 is 6.03. The van der Waals surface area contributed by atoms with Crippen LogP contribution < -0.4 is 10.2 Å². The Balaban J connectivity index is 1.34. The SMILES string of the molecule is CCn1cncc1CNC(=O)CC1CCCN(c2nc3ccc(Cl)cc3o2)C1. The van der Waals surface area contributed by atoms with Crippen LogP contribution in [-0.4, -0.2) is 33.5 Å². The zero-order chi connectivity index (χ0) is 19.5. The Hall–Kier alpha value is -2.54. The van der Waals surface area contributed by atoms with Crippen LogP contribution in [0.1, 0.15) is 31.9 Å². The van der Waals surface area contributed by atoms with Gasteiger partial charge in [-0.3, -0.25) is 4.79 Å². The summed E-state index contributed by atoms with van der Waals surface area (Å²) in [7, 11) is 0. The maximum Gasteiger partial charge on any atom is 0.298 e. The van der Waals surface area contributed by atoms with Gasteiger partial charge in [-0.05, 0) is 37.8 Å². The third-order valence-electron chi connectivity index (χ3n) is 5.21. The van der Waals surface area contributed by atoms with Gasteiger partial charge in [0, 0.05) is 43.3 Å². The third-order valence-corrected chi connectivity index (χ3v) is 5.44. The van der Waals surface area contributed by atoms with Crippen LogP contribution in [0.15, 0.2) is 35.1 Å². The minimum absolute atomic E-state index is 0.0695. The van der Waals surface area contributed by atoms with Crippen molar-refractivity contribution in [3.05, 3.63) is 41.4 Å². The van der Waals surface area contributed by atoms with Gasteiger partial charge < -0.3 is 19.2 Å². The van der Waals surface area contributed by atoms with E-state index in [1.165, 1.54) is 0 Å². The largest absolute Gasteiger partial charge is 0.423 e. The van der Waals surface area contributed by atoms with Crippen molar-refractivity contribution in [1.82, 2.24) is 19.9 Å². The molecule has 1 saturated heterocycles. The lowest BCUT2D eigenvalue weighted by molar-refractivity contribution is -0.122. The fourth-order valence-electron chi connectivity index (χ4n) is 3.73. The smallest absolute Gasteiger partial charge is 0.298 e. The quantitative estimate of drug-likeness (QED) is 0.682. The number of amides is 1. The number of hydrogen-bond acceptors (Lipinski definition) is 5. The van der Waals surface area contributed by atoms with Gasteiger partial charge in [0.2, 0.25) is 5.91 Å². The van der Waals surface area contributed by atoms with E-state index in [1.54, 1.807) is 18.6 Å². The maximum absolute atomic E-state index is 12.4. The van der Waals surface area contributed by atoms with E-state index in [0.717, 1.165) is 43.7 Å². The first-order valence-electron chi connectivity index (χ1n) is 9.69. The van der Waals surface area contributed by atoms with Crippen molar-refractivity contribution in [2.45, 2.75) is 39.3 Å². The summed E-state index contributed by atoms with van der Waals surface area (Å²) in [6.07, 6.45) is 6.13. The summed E-state index contributed by atoms with van der Waals surface area (Å²) in [6.45, 7) is 5.06. The van der Waals surface area contributed by atoms with Crippen LogP contribution >= 0.6 is 11.6 Å². The highest BCUT2D eigenvalue weighted by atomic mass is 35.5. The van der Waals surface area contributed by atoms with Gasteiger partial charge in [-0.2, -0.15) is 4.98 Å². The number of nitrogens with zero attached hydrogens (tertiary/aromatic N) is 4. The molecule has 148 valence electrons. The molecular formula is C20H24ClN5O2. The number of nitrogens with one attached hydrogen (secondary N) is 1. The van der Waals surface area contributed by atoms with Gasteiger partial charge in [0.1, 0.15) is 5.52 Å². The van der Waals surface area contributed by atoms with Gasteiger partial charge in [-0.15, -0.1) is 0 Å². The molecule has 4 rings (SSSR count). The average molecular weight is 402 g/mol. The lowest BCUT2D eigenvalue weighted by Gasteiger charge is -2.31. The van der Waals surface area contributed by atoms with Crippen molar-refractivity contribution >= 4 is 34.6 Å². The zero-order valence-electron chi connectivity index (χ0n) is 15.9. The number of fused-ring (bicyclic) bond motifs is 1. The molecule has 7 nitrogen and oxygen atoms in total. The molecular weight excluding hydrogens is 378 g/mol. The number of aryl methyl sites for hydroxylation is 1. The Morgan fingerprint density at radius 2 is 2.32 bits per heavy atom. The molecule has 0 spiro atoms. The molecule has 1 aliphatic rings. The monoisotopic (exact) mass is 401 g/mol. The first kappa shape index (κ1) is 18.8. The van der Waals surface area contributed by atoms with E-state index in [9.17, 15) is 4.79 Å². The number of anilines is 1. The first-order chi connectivity index (χ1) is 13.6. The van der Waals surface area contributed by atoms with E-state index in [4.69, 9.17) is 16.0 Å². The van der Waals surface area contributed by atoms with Crippen LogP contribution in [0.4, 0.5) is 6.01 Å². The van der Waals surface area contributed by atoms with Gasteiger partial charge in [-0.25, -0.2) is 4.98 Å². The summed E-state index contributed by atoms with van der Waals surface area (Å²) in [5.74, 6) is 0.350. The Morgan fingerprint density at radius 1 is 1.43 bits per heavy atom. The number of carbonyl (C=O) groups is 1. The van der Waals surface area contributed by atoms with E-state index < -0.39 is 0 Å². The molecule has 0 saturated carbocycles. The van der Waals surface area contributed by atoms with Gasteiger partial charge in [0.25, 0.3) is 6.01 Å². The number of aromatic nitrogens is 3. The summed E-state index contributed by atoms with van der Waals surface area (Å²) in [6, 6.07) is 6.06.